The monoisotopic (exact) mass is 684 g/mol. The van der Waals surface area contributed by atoms with Crippen LogP contribution >= 0.6 is 23.2 Å². The summed E-state index contributed by atoms with van der Waals surface area (Å²) in [6, 6.07) is 24.4. The molecule has 0 unspecified atom stereocenters. The largest absolute Gasteiger partial charge is 0.545 e. The number of aromatic carboxylic acids is 4. The third-order valence-corrected chi connectivity index (χ3v) is 6.65. The van der Waals surface area contributed by atoms with E-state index in [1.54, 1.807) is 0 Å². The van der Waals surface area contributed by atoms with Crippen molar-refractivity contribution >= 4 is 71.4 Å². The fraction of sp³-hybridized carbons (Fsp3) is 0. The molecule has 4 N–H and O–H groups in total. The van der Waals surface area contributed by atoms with Crippen LogP contribution in [0.25, 0.3) is 24.3 Å². The molecular formula is C36H26Cl2N2O8. The molecule has 2 heterocycles. The molecule has 0 aliphatic heterocycles. The highest BCUT2D eigenvalue weighted by molar-refractivity contribution is 6.31. The number of carboxylic acid groups (broad SMARTS) is 4. The molecule has 0 radical (unpaired) electrons. The number of benzene rings is 3. The number of hydrogen-bond donors (Lipinski definition) is 2. The van der Waals surface area contributed by atoms with Gasteiger partial charge in [0.15, 0.2) is 24.8 Å². The van der Waals surface area contributed by atoms with Crippen LogP contribution in [0.15, 0.2) is 110 Å². The molecule has 0 saturated carbocycles. The van der Waals surface area contributed by atoms with E-state index in [4.69, 9.17) is 33.4 Å². The van der Waals surface area contributed by atoms with Crippen LogP contribution in [-0.4, -0.2) is 34.1 Å². The molecule has 12 heteroatoms. The van der Waals surface area contributed by atoms with E-state index < -0.39 is 46.1 Å². The van der Waals surface area contributed by atoms with Crippen molar-refractivity contribution in [3.63, 3.8) is 0 Å². The second-order valence-corrected chi connectivity index (χ2v) is 10.4. The maximum atomic E-state index is 10.7. The maximum Gasteiger partial charge on any atom is 0.336 e. The quantitative estimate of drug-likeness (QED) is 0.240. The number of aromatic amines is 2. The fourth-order valence-corrected chi connectivity index (χ4v) is 4.32. The van der Waals surface area contributed by atoms with Gasteiger partial charge in [-0.25, -0.2) is 19.6 Å². The average molecular weight is 686 g/mol. The van der Waals surface area contributed by atoms with E-state index in [9.17, 15) is 29.4 Å². The lowest BCUT2D eigenvalue weighted by Gasteiger charge is -2.13. The first-order chi connectivity index (χ1) is 22.9. The third-order valence-electron chi connectivity index (χ3n) is 6.18. The van der Waals surface area contributed by atoms with E-state index in [-0.39, 0.29) is 0 Å². The Hall–Kier alpha value is -6.10. The molecule has 0 aliphatic rings. The van der Waals surface area contributed by atoms with Crippen molar-refractivity contribution in [2.75, 3.05) is 0 Å². The summed E-state index contributed by atoms with van der Waals surface area (Å²) in [6.07, 6.45) is 15.8. The van der Waals surface area contributed by atoms with E-state index in [2.05, 4.69) is 22.1 Å². The lowest BCUT2D eigenvalue weighted by molar-refractivity contribution is -0.378. The second-order valence-electron chi connectivity index (χ2n) is 9.57. The Bertz CT molecular complexity index is 1780. The van der Waals surface area contributed by atoms with Crippen LogP contribution in [0, 0.1) is 0 Å². The number of hydrogen-bond acceptors (Lipinski definition) is 6. The van der Waals surface area contributed by atoms with Crippen molar-refractivity contribution in [2.45, 2.75) is 0 Å². The van der Waals surface area contributed by atoms with Gasteiger partial charge in [0.2, 0.25) is 0 Å². The number of halogens is 2. The zero-order valence-electron chi connectivity index (χ0n) is 24.8. The smallest absolute Gasteiger partial charge is 0.336 e. The Morgan fingerprint density at radius 3 is 1.15 bits per heavy atom. The highest BCUT2D eigenvalue weighted by atomic mass is 35.5. The minimum atomic E-state index is -1.94. The van der Waals surface area contributed by atoms with Crippen molar-refractivity contribution in [1.82, 2.24) is 0 Å². The van der Waals surface area contributed by atoms with Crippen LogP contribution in [0.4, 0.5) is 0 Å². The van der Waals surface area contributed by atoms with Gasteiger partial charge in [0.1, 0.15) is 0 Å². The molecule has 3 aromatic carbocycles. The number of carboxylic acids is 4. The lowest BCUT2D eigenvalue weighted by atomic mass is 9.98. The van der Waals surface area contributed by atoms with Crippen LogP contribution in [-0.2, 0) is 0 Å². The predicted octanol–water partition coefficient (Wildman–Crippen LogP) is 4.46. The first-order valence-corrected chi connectivity index (χ1v) is 14.6. The minimum absolute atomic E-state index is 0.386. The van der Waals surface area contributed by atoms with Crippen molar-refractivity contribution in [1.29, 1.82) is 0 Å². The van der Waals surface area contributed by atoms with E-state index in [0.29, 0.717) is 12.1 Å². The molecule has 0 fully saturated rings. The van der Waals surface area contributed by atoms with Crippen LogP contribution in [0.5, 0.6) is 0 Å². The van der Waals surface area contributed by atoms with Crippen LogP contribution in [0.3, 0.4) is 0 Å². The number of rotatable bonds is 8. The molecule has 0 spiro atoms. The molecule has 0 atom stereocenters. The Morgan fingerprint density at radius 1 is 0.500 bits per heavy atom. The molecule has 2 aromatic heterocycles. The molecule has 10 nitrogen and oxygen atoms in total. The standard InChI is InChI=1S/2C13H10ClN.C10H6O8/c2*14-13-3-1-2-12(10-13)5-4-11-6-8-15-9-7-11;11-7(12)3-1-4(8(13)14)6(10(17)18)2-5(3)9(15)16/h2*1-10H;1-2H,(H,11,12)(H,13,14)(H,15,16)(H,17,18)/b2*5-4+;. The maximum absolute atomic E-state index is 10.7. The van der Waals surface area contributed by atoms with E-state index in [1.165, 1.54) is 0 Å². The number of H-pyrrole nitrogens is 2. The van der Waals surface area contributed by atoms with Gasteiger partial charge in [0.25, 0.3) is 0 Å². The number of nitrogens with one attached hydrogen (secondary N) is 2. The summed E-state index contributed by atoms with van der Waals surface area (Å²) in [6.45, 7) is 0. The third kappa shape index (κ3) is 11.7. The summed E-state index contributed by atoms with van der Waals surface area (Å²) in [5.74, 6) is -7.32. The van der Waals surface area contributed by atoms with Gasteiger partial charge in [0, 0.05) is 45.4 Å². The summed E-state index contributed by atoms with van der Waals surface area (Å²) in [7, 11) is 0. The van der Waals surface area contributed by atoms with Gasteiger partial charge in [0.05, 0.1) is 23.1 Å². The SMILES string of the molecule is Clc1cccc(/C=C/c2cc[nH+]cc2)c1.Clc1cccc(/C=C/c2cc[nH+]cc2)c1.O=C([O-])c1cc(C(=O)[O-])c(C(=O)O)cc1C(=O)O. The van der Waals surface area contributed by atoms with Crippen molar-refractivity contribution in [2.24, 2.45) is 0 Å². The zero-order valence-corrected chi connectivity index (χ0v) is 26.3. The van der Waals surface area contributed by atoms with Gasteiger partial charge < -0.3 is 30.0 Å². The zero-order chi connectivity index (χ0) is 35.1. The number of aromatic nitrogens is 2. The molecular weight excluding hydrogens is 659 g/mol. The highest BCUT2D eigenvalue weighted by Crippen LogP contribution is 2.18. The predicted molar refractivity (Wildman–Crippen MR) is 176 cm³/mol. The van der Waals surface area contributed by atoms with Crippen molar-refractivity contribution < 1.29 is 49.6 Å². The molecule has 0 amide bonds. The summed E-state index contributed by atoms with van der Waals surface area (Å²) in [5.41, 5.74) is 0.904. The summed E-state index contributed by atoms with van der Waals surface area (Å²) >= 11 is 11.8. The van der Waals surface area contributed by atoms with Gasteiger partial charge in [-0.2, -0.15) is 0 Å². The fourth-order valence-electron chi connectivity index (χ4n) is 3.92. The molecule has 0 aliphatic carbocycles. The first kappa shape index (κ1) is 36.4. The number of pyridine rings is 2. The van der Waals surface area contributed by atoms with Gasteiger partial charge in [-0.15, -0.1) is 0 Å². The summed E-state index contributed by atoms with van der Waals surface area (Å²) < 4.78 is 0. The number of carbonyl (C=O) groups is 4. The van der Waals surface area contributed by atoms with Crippen molar-refractivity contribution in [3.8, 4) is 0 Å². The van der Waals surface area contributed by atoms with Gasteiger partial charge in [-0.1, -0.05) is 71.8 Å². The van der Waals surface area contributed by atoms with Gasteiger partial charge in [-0.05, 0) is 58.7 Å². The highest BCUT2D eigenvalue weighted by Gasteiger charge is 2.19. The van der Waals surface area contributed by atoms with Crippen LogP contribution in [0.1, 0.15) is 63.7 Å². The summed E-state index contributed by atoms with van der Waals surface area (Å²) in [4.78, 5) is 48.7. The molecule has 0 bridgehead atoms. The minimum Gasteiger partial charge on any atom is -0.545 e. The Kier molecular flexibility index (Phi) is 13.8. The molecule has 5 aromatic rings. The molecule has 242 valence electrons. The molecule has 5 rings (SSSR count). The van der Waals surface area contributed by atoms with E-state index in [0.717, 1.165) is 32.3 Å². The lowest BCUT2D eigenvalue weighted by Crippen LogP contribution is -2.29. The Balaban J connectivity index is 0.000000196. The summed E-state index contributed by atoms with van der Waals surface area (Å²) in [5, 5.41) is 40.2. The van der Waals surface area contributed by atoms with Crippen LogP contribution in [0.2, 0.25) is 10.0 Å². The van der Waals surface area contributed by atoms with E-state index >= 15 is 0 Å². The van der Waals surface area contributed by atoms with Gasteiger partial charge in [-0.3, -0.25) is 0 Å². The average Bonchev–Trinajstić information content (AvgIpc) is 3.07. The first-order valence-electron chi connectivity index (χ1n) is 13.8. The second kappa shape index (κ2) is 18.1. The topological polar surface area (TPSA) is 183 Å². The Morgan fingerprint density at radius 2 is 0.833 bits per heavy atom. The Labute approximate surface area is 284 Å². The van der Waals surface area contributed by atoms with E-state index in [1.807, 2.05) is 110 Å². The molecule has 0 saturated heterocycles. The van der Waals surface area contributed by atoms with Crippen LogP contribution < -0.4 is 20.2 Å². The van der Waals surface area contributed by atoms with Gasteiger partial charge >= 0.3 is 11.9 Å². The molecule has 48 heavy (non-hydrogen) atoms. The van der Waals surface area contributed by atoms with Crippen molar-refractivity contribution in [3.05, 3.63) is 164 Å². The number of carbonyl (C=O) groups excluding carboxylic acids is 2. The normalized spacial score (nSPS) is 10.4.